The van der Waals surface area contributed by atoms with E-state index in [9.17, 15) is 0 Å². The summed E-state index contributed by atoms with van der Waals surface area (Å²) in [6.07, 6.45) is 0. The number of methoxy groups -OCH3 is 1. The van der Waals surface area contributed by atoms with Gasteiger partial charge in [-0.25, -0.2) is 0 Å². The Labute approximate surface area is 129 Å². The van der Waals surface area contributed by atoms with Crippen LogP contribution in [0.2, 0.25) is 5.02 Å². The van der Waals surface area contributed by atoms with E-state index in [4.69, 9.17) is 21.1 Å². The van der Waals surface area contributed by atoms with Gasteiger partial charge in [-0.3, -0.25) is 0 Å². The third-order valence-electron chi connectivity index (χ3n) is 3.89. The van der Waals surface area contributed by atoms with Crippen LogP contribution in [-0.2, 0) is 18.0 Å². The number of benzene rings is 2. The molecule has 0 bridgehead atoms. The second-order valence-electron chi connectivity index (χ2n) is 5.13. The SMILES string of the molecule is CNC(c1ccc2c(c1)COC2)c1ccc(OC)cc1Cl. The molecular weight excluding hydrogens is 286 g/mol. The number of hydrogen-bond donors (Lipinski definition) is 1. The average Bonchev–Trinajstić information content (AvgIpc) is 2.97. The van der Waals surface area contributed by atoms with Gasteiger partial charge in [0.05, 0.1) is 26.4 Å². The summed E-state index contributed by atoms with van der Waals surface area (Å²) in [6.45, 7) is 1.40. The van der Waals surface area contributed by atoms with Crippen LogP contribution < -0.4 is 10.1 Å². The van der Waals surface area contributed by atoms with Gasteiger partial charge in [-0.05, 0) is 41.4 Å². The molecule has 2 aromatic carbocycles. The summed E-state index contributed by atoms with van der Waals surface area (Å²) >= 11 is 6.40. The van der Waals surface area contributed by atoms with Crippen molar-refractivity contribution in [2.45, 2.75) is 19.3 Å². The van der Waals surface area contributed by atoms with Crippen LogP contribution >= 0.6 is 11.6 Å². The third kappa shape index (κ3) is 2.77. The molecule has 0 amide bonds. The molecule has 3 nitrogen and oxygen atoms in total. The molecule has 3 rings (SSSR count). The predicted octanol–water partition coefficient (Wildman–Crippen LogP) is 3.69. The van der Waals surface area contributed by atoms with Gasteiger partial charge in [0.25, 0.3) is 0 Å². The van der Waals surface area contributed by atoms with E-state index in [1.165, 1.54) is 16.7 Å². The molecule has 1 aliphatic heterocycles. The van der Waals surface area contributed by atoms with Crippen molar-refractivity contribution in [2.24, 2.45) is 0 Å². The van der Waals surface area contributed by atoms with E-state index in [0.29, 0.717) is 18.2 Å². The summed E-state index contributed by atoms with van der Waals surface area (Å²) in [6, 6.07) is 12.3. The zero-order valence-corrected chi connectivity index (χ0v) is 12.9. The van der Waals surface area contributed by atoms with E-state index >= 15 is 0 Å². The van der Waals surface area contributed by atoms with Crippen molar-refractivity contribution < 1.29 is 9.47 Å². The highest BCUT2D eigenvalue weighted by atomic mass is 35.5. The normalized spacial score (nSPS) is 14.8. The Kier molecular flexibility index (Phi) is 4.15. The van der Waals surface area contributed by atoms with E-state index in [2.05, 4.69) is 23.5 Å². The molecule has 1 heterocycles. The van der Waals surface area contributed by atoms with Gasteiger partial charge in [0, 0.05) is 5.02 Å². The largest absolute Gasteiger partial charge is 0.497 e. The Morgan fingerprint density at radius 3 is 2.67 bits per heavy atom. The molecule has 0 aliphatic carbocycles. The van der Waals surface area contributed by atoms with Crippen LogP contribution in [0, 0.1) is 0 Å². The Balaban J connectivity index is 1.98. The van der Waals surface area contributed by atoms with Crippen LogP contribution in [0.4, 0.5) is 0 Å². The van der Waals surface area contributed by atoms with Gasteiger partial charge >= 0.3 is 0 Å². The molecule has 4 heteroatoms. The monoisotopic (exact) mass is 303 g/mol. The quantitative estimate of drug-likeness (QED) is 0.934. The lowest BCUT2D eigenvalue weighted by molar-refractivity contribution is 0.134. The Bertz CT molecular complexity index is 657. The lowest BCUT2D eigenvalue weighted by Crippen LogP contribution is -2.18. The van der Waals surface area contributed by atoms with Crippen LogP contribution in [0.5, 0.6) is 5.75 Å². The molecule has 0 radical (unpaired) electrons. The van der Waals surface area contributed by atoms with Crippen molar-refractivity contribution in [3.8, 4) is 5.75 Å². The number of halogens is 1. The van der Waals surface area contributed by atoms with E-state index in [0.717, 1.165) is 11.3 Å². The maximum absolute atomic E-state index is 6.40. The van der Waals surface area contributed by atoms with Crippen molar-refractivity contribution in [1.29, 1.82) is 0 Å². The van der Waals surface area contributed by atoms with Crippen molar-refractivity contribution >= 4 is 11.6 Å². The van der Waals surface area contributed by atoms with Crippen molar-refractivity contribution in [3.63, 3.8) is 0 Å². The molecule has 0 aromatic heterocycles. The van der Waals surface area contributed by atoms with Gasteiger partial charge in [0.1, 0.15) is 5.75 Å². The van der Waals surface area contributed by atoms with Crippen molar-refractivity contribution in [2.75, 3.05) is 14.2 Å². The smallest absolute Gasteiger partial charge is 0.120 e. The van der Waals surface area contributed by atoms with Gasteiger partial charge in [-0.15, -0.1) is 0 Å². The van der Waals surface area contributed by atoms with E-state index in [-0.39, 0.29) is 6.04 Å². The van der Waals surface area contributed by atoms with Gasteiger partial charge in [-0.2, -0.15) is 0 Å². The number of rotatable bonds is 4. The van der Waals surface area contributed by atoms with Crippen LogP contribution in [0.1, 0.15) is 28.3 Å². The highest BCUT2D eigenvalue weighted by Gasteiger charge is 2.19. The summed E-state index contributed by atoms with van der Waals surface area (Å²) in [5.41, 5.74) is 4.76. The molecule has 0 saturated carbocycles. The fourth-order valence-corrected chi connectivity index (χ4v) is 3.02. The van der Waals surface area contributed by atoms with E-state index in [1.54, 1.807) is 7.11 Å². The summed E-state index contributed by atoms with van der Waals surface area (Å²) in [4.78, 5) is 0. The highest BCUT2D eigenvalue weighted by molar-refractivity contribution is 6.31. The van der Waals surface area contributed by atoms with E-state index < -0.39 is 0 Å². The number of hydrogen-bond acceptors (Lipinski definition) is 3. The second-order valence-corrected chi connectivity index (χ2v) is 5.54. The minimum atomic E-state index is 0.0503. The maximum Gasteiger partial charge on any atom is 0.120 e. The fraction of sp³-hybridized carbons (Fsp3) is 0.294. The minimum Gasteiger partial charge on any atom is -0.497 e. The standard InChI is InChI=1S/C17H18ClNO2/c1-19-17(15-6-5-14(20-2)8-16(15)18)11-3-4-12-9-21-10-13(12)7-11/h3-8,17,19H,9-10H2,1-2H3. The van der Waals surface area contributed by atoms with Gasteiger partial charge in [0.15, 0.2) is 0 Å². The topological polar surface area (TPSA) is 30.5 Å². The van der Waals surface area contributed by atoms with Crippen molar-refractivity contribution in [1.82, 2.24) is 5.32 Å². The van der Waals surface area contributed by atoms with Crippen LogP contribution in [-0.4, -0.2) is 14.2 Å². The highest BCUT2D eigenvalue weighted by Crippen LogP contribution is 2.32. The Morgan fingerprint density at radius 1 is 1.14 bits per heavy atom. The number of ether oxygens (including phenoxy) is 2. The summed E-state index contributed by atoms with van der Waals surface area (Å²) in [7, 11) is 3.58. The predicted molar refractivity (Wildman–Crippen MR) is 83.8 cm³/mol. The molecule has 1 atom stereocenters. The summed E-state index contributed by atoms with van der Waals surface area (Å²) in [5.74, 6) is 0.765. The molecule has 21 heavy (non-hydrogen) atoms. The molecule has 110 valence electrons. The second kappa shape index (κ2) is 6.06. The minimum absolute atomic E-state index is 0.0503. The molecule has 1 unspecified atom stereocenters. The third-order valence-corrected chi connectivity index (χ3v) is 4.21. The zero-order chi connectivity index (χ0) is 14.8. The molecule has 1 aliphatic rings. The number of fused-ring (bicyclic) bond motifs is 1. The van der Waals surface area contributed by atoms with Crippen molar-refractivity contribution in [3.05, 3.63) is 63.7 Å². The van der Waals surface area contributed by atoms with E-state index in [1.807, 2.05) is 25.2 Å². The lowest BCUT2D eigenvalue weighted by atomic mass is 9.95. The van der Waals surface area contributed by atoms with Crippen LogP contribution in [0.15, 0.2) is 36.4 Å². The average molecular weight is 304 g/mol. The molecule has 1 N–H and O–H groups in total. The first-order chi connectivity index (χ1) is 10.2. The van der Waals surface area contributed by atoms with Gasteiger partial charge in [-0.1, -0.05) is 35.9 Å². The molecule has 0 spiro atoms. The van der Waals surface area contributed by atoms with Crippen LogP contribution in [0.3, 0.4) is 0 Å². The van der Waals surface area contributed by atoms with Gasteiger partial charge in [0.2, 0.25) is 0 Å². The lowest BCUT2D eigenvalue weighted by Gasteiger charge is -2.20. The Hall–Kier alpha value is -1.55. The summed E-state index contributed by atoms with van der Waals surface area (Å²) < 4.78 is 10.7. The molecule has 2 aromatic rings. The first-order valence-corrected chi connectivity index (χ1v) is 7.31. The molecular formula is C17H18ClNO2. The number of nitrogens with one attached hydrogen (secondary N) is 1. The first-order valence-electron chi connectivity index (χ1n) is 6.93. The zero-order valence-electron chi connectivity index (χ0n) is 12.2. The van der Waals surface area contributed by atoms with Gasteiger partial charge < -0.3 is 14.8 Å². The summed E-state index contributed by atoms with van der Waals surface area (Å²) in [5, 5.41) is 4.04. The fourth-order valence-electron chi connectivity index (χ4n) is 2.74. The maximum atomic E-state index is 6.40. The first kappa shape index (κ1) is 14.4. The molecule has 0 saturated heterocycles. The Morgan fingerprint density at radius 2 is 1.95 bits per heavy atom. The van der Waals surface area contributed by atoms with Crippen LogP contribution in [0.25, 0.3) is 0 Å². The molecule has 0 fully saturated rings.